The van der Waals surface area contributed by atoms with Crippen LogP contribution in [0.2, 0.25) is 0 Å². The minimum Gasteiger partial charge on any atom is -0.480 e. The molecule has 16 heavy (non-hydrogen) atoms. The van der Waals surface area contributed by atoms with Crippen molar-refractivity contribution in [3.63, 3.8) is 0 Å². The zero-order valence-corrected chi connectivity index (χ0v) is 9.15. The van der Waals surface area contributed by atoms with E-state index < -0.39 is 18.1 Å². The van der Waals surface area contributed by atoms with Gasteiger partial charge in [0, 0.05) is 6.61 Å². The van der Waals surface area contributed by atoms with Gasteiger partial charge in [-0.3, -0.25) is 4.79 Å². The monoisotopic (exact) mass is 227 g/mol. The van der Waals surface area contributed by atoms with Gasteiger partial charge in [0.15, 0.2) is 0 Å². The number of rotatable bonds is 6. The molecule has 2 N–H and O–H groups in total. The molecule has 0 radical (unpaired) electrons. The third-order valence-electron chi connectivity index (χ3n) is 2.50. The Morgan fingerprint density at radius 1 is 1.62 bits per heavy atom. The number of nitrogens with one attached hydrogen (secondary N) is 1. The number of ether oxygens (including phenoxy) is 1. The van der Waals surface area contributed by atoms with E-state index >= 15 is 0 Å². The van der Waals surface area contributed by atoms with Crippen molar-refractivity contribution in [2.24, 2.45) is 0 Å². The van der Waals surface area contributed by atoms with E-state index in [1.54, 1.807) is 6.08 Å². The summed E-state index contributed by atoms with van der Waals surface area (Å²) in [5, 5.41) is 11.4. The minimum atomic E-state index is -1.02. The Morgan fingerprint density at radius 2 is 2.38 bits per heavy atom. The number of carbonyl (C=O) groups is 2. The summed E-state index contributed by atoms with van der Waals surface area (Å²) in [6.45, 7) is 4.09. The summed E-state index contributed by atoms with van der Waals surface area (Å²) < 4.78 is 5.17. The smallest absolute Gasteiger partial charge is 0.326 e. The van der Waals surface area contributed by atoms with E-state index in [-0.39, 0.29) is 5.91 Å². The molecule has 0 aromatic rings. The largest absolute Gasteiger partial charge is 0.480 e. The van der Waals surface area contributed by atoms with Gasteiger partial charge in [0.1, 0.15) is 12.1 Å². The fourth-order valence-corrected chi connectivity index (χ4v) is 1.59. The fourth-order valence-electron chi connectivity index (χ4n) is 1.59. The predicted molar refractivity (Wildman–Crippen MR) is 58.0 cm³/mol. The van der Waals surface area contributed by atoms with Crippen LogP contribution in [0.25, 0.3) is 0 Å². The van der Waals surface area contributed by atoms with Crippen LogP contribution in [0.15, 0.2) is 12.7 Å². The lowest BCUT2D eigenvalue weighted by molar-refractivity contribution is -0.143. The summed E-state index contributed by atoms with van der Waals surface area (Å²) in [4.78, 5) is 22.5. The number of carbonyl (C=O) groups excluding carboxylic acids is 1. The summed E-state index contributed by atoms with van der Waals surface area (Å²) in [5.74, 6) is -1.35. The van der Waals surface area contributed by atoms with Gasteiger partial charge in [0.05, 0.1) is 0 Å². The van der Waals surface area contributed by atoms with Crippen molar-refractivity contribution in [3.05, 3.63) is 12.7 Å². The SMILES string of the molecule is C=CCCC(NC(=O)C1CCCO1)C(=O)O. The normalized spacial score (nSPS) is 21.4. The average molecular weight is 227 g/mol. The van der Waals surface area contributed by atoms with E-state index in [9.17, 15) is 9.59 Å². The molecule has 1 rings (SSSR count). The molecule has 0 aromatic heterocycles. The molecule has 0 bridgehead atoms. The van der Waals surface area contributed by atoms with E-state index in [4.69, 9.17) is 9.84 Å². The maximum atomic E-state index is 11.6. The van der Waals surface area contributed by atoms with E-state index in [1.807, 2.05) is 0 Å². The molecular formula is C11H17NO4. The number of hydrogen-bond acceptors (Lipinski definition) is 3. The average Bonchev–Trinajstić information content (AvgIpc) is 2.76. The molecule has 0 spiro atoms. The summed E-state index contributed by atoms with van der Waals surface area (Å²) in [7, 11) is 0. The Hall–Kier alpha value is -1.36. The van der Waals surface area contributed by atoms with Crippen molar-refractivity contribution in [1.82, 2.24) is 5.32 Å². The molecule has 0 aromatic carbocycles. The third kappa shape index (κ3) is 3.66. The van der Waals surface area contributed by atoms with Crippen molar-refractivity contribution < 1.29 is 19.4 Å². The second-order valence-corrected chi connectivity index (χ2v) is 3.77. The lowest BCUT2D eigenvalue weighted by Gasteiger charge is -2.16. The van der Waals surface area contributed by atoms with Crippen molar-refractivity contribution in [1.29, 1.82) is 0 Å². The maximum Gasteiger partial charge on any atom is 0.326 e. The maximum absolute atomic E-state index is 11.6. The molecule has 1 fully saturated rings. The Balaban J connectivity index is 2.43. The molecule has 5 nitrogen and oxygen atoms in total. The van der Waals surface area contributed by atoms with Gasteiger partial charge in [-0.25, -0.2) is 4.79 Å². The van der Waals surface area contributed by atoms with Crippen LogP contribution in [-0.4, -0.2) is 35.7 Å². The van der Waals surface area contributed by atoms with Crippen molar-refractivity contribution in [2.45, 2.75) is 37.8 Å². The number of hydrogen-bond donors (Lipinski definition) is 2. The summed E-state index contributed by atoms with van der Waals surface area (Å²) in [6, 6.07) is -0.852. The van der Waals surface area contributed by atoms with Gasteiger partial charge in [-0.1, -0.05) is 6.08 Å². The van der Waals surface area contributed by atoms with Crippen molar-refractivity contribution in [3.8, 4) is 0 Å². The molecule has 1 aliphatic rings. The zero-order chi connectivity index (χ0) is 12.0. The van der Waals surface area contributed by atoms with Gasteiger partial charge in [-0.2, -0.15) is 0 Å². The van der Waals surface area contributed by atoms with Crippen LogP contribution in [0.1, 0.15) is 25.7 Å². The molecule has 2 atom stereocenters. The third-order valence-corrected chi connectivity index (χ3v) is 2.50. The Bertz CT molecular complexity index is 271. The number of allylic oxidation sites excluding steroid dienone is 1. The predicted octanol–water partition coefficient (Wildman–Crippen LogP) is 0.701. The van der Waals surface area contributed by atoms with Crippen molar-refractivity contribution >= 4 is 11.9 Å². The van der Waals surface area contributed by atoms with Gasteiger partial charge in [-0.05, 0) is 25.7 Å². The molecule has 1 amide bonds. The molecule has 5 heteroatoms. The highest BCUT2D eigenvalue weighted by Crippen LogP contribution is 2.12. The highest BCUT2D eigenvalue weighted by atomic mass is 16.5. The first-order valence-corrected chi connectivity index (χ1v) is 5.41. The molecule has 1 saturated heterocycles. The van der Waals surface area contributed by atoms with Gasteiger partial charge in [0.2, 0.25) is 5.91 Å². The molecule has 0 aliphatic carbocycles. The van der Waals surface area contributed by atoms with Gasteiger partial charge >= 0.3 is 5.97 Å². The molecule has 1 heterocycles. The Labute approximate surface area is 94.5 Å². The van der Waals surface area contributed by atoms with E-state index in [0.29, 0.717) is 25.9 Å². The lowest BCUT2D eigenvalue weighted by atomic mass is 10.1. The van der Waals surface area contributed by atoms with E-state index in [0.717, 1.165) is 6.42 Å². The second kappa shape index (κ2) is 6.27. The molecular weight excluding hydrogens is 210 g/mol. The fraction of sp³-hybridized carbons (Fsp3) is 0.636. The summed E-state index contributed by atoms with van der Waals surface area (Å²) in [5.41, 5.74) is 0. The number of carboxylic acids is 1. The molecule has 1 aliphatic heterocycles. The minimum absolute atomic E-state index is 0.325. The zero-order valence-electron chi connectivity index (χ0n) is 9.15. The number of aliphatic carboxylic acids is 1. The highest BCUT2D eigenvalue weighted by Gasteiger charge is 2.27. The highest BCUT2D eigenvalue weighted by molar-refractivity contribution is 5.86. The van der Waals surface area contributed by atoms with Gasteiger partial charge in [-0.15, -0.1) is 6.58 Å². The summed E-state index contributed by atoms with van der Waals surface area (Å²) >= 11 is 0. The summed E-state index contributed by atoms with van der Waals surface area (Å²) in [6.07, 6.45) is 3.58. The van der Waals surface area contributed by atoms with Crippen LogP contribution in [0.5, 0.6) is 0 Å². The van der Waals surface area contributed by atoms with Crippen LogP contribution in [0, 0.1) is 0 Å². The lowest BCUT2D eigenvalue weighted by Crippen LogP contribution is -2.45. The Kier molecular flexibility index (Phi) is 4.98. The first kappa shape index (κ1) is 12.7. The van der Waals surface area contributed by atoms with Gasteiger partial charge < -0.3 is 15.2 Å². The van der Waals surface area contributed by atoms with Crippen molar-refractivity contribution in [2.75, 3.05) is 6.61 Å². The molecule has 90 valence electrons. The van der Waals surface area contributed by atoms with Crippen LogP contribution >= 0.6 is 0 Å². The van der Waals surface area contributed by atoms with E-state index in [2.05, 4.69) is 11.9 Å². The van der Waals surface area contributed by atoms with Crippen LogP contribution in [0.3, 0.4) is 0 Å². The second-order valence-electron chi connectivity index (χ2n) is 3.77. The van der Waals surface area contributed by atoms with Gasteiger partial charge in [0.25, 0.3) is 0 Å². The van der Waals surface area contributed by atoms with Crippen LogP contribution in [0.4, 0.5) is 0 Å². The standard InChI is InChI=1S/C11H17NO4/c1-2-3-5-8(11(14)15)12-10(13)9-6-4-7-16-9/h2,8-9H,1,3-7H2,(H,12,13)(H,14,15). The first-order chi connectivity index (χ1) is 7.65. The molecule has 0 saturated carbocycles. The van der Waals surface area contributed by atoms with Crippen LogP contribution < -0.4 is 5.32 Å². The number of amides is 1. The topological polar surface area (TPSA) is 75.6 Å². The van der Waals surface area contributed by atoms with Crippen LogP contribution in [-0.2, 0) is 14.3 Å². The van der Waals surface area contributed by atoms with E-state index in [1.165, 1.54) is 0 Å². The quantitative estimate of drug-likeness (QED) is 0.655. The molecule has 2 unspecified atom stereocenters. The first-order valence-electron chi connectivity index (χ1n) is 5.41. The Morgan fingerprint density at radius 3 is 2.88 bits per heavy atom. The number of carboxylic acid groups (broad SMARTS) is 1.